The Morgan fingerprint density at radius 3 is 2.50 bits per heavy atom. The number of hydrogen-bond donors (Lipinski definition) is 0. The molecule has 0 aliphatic heterocycles. The van der Waals surface area contributed by atoms with Crippen molar-refractivity contribution < 1.29 is 18.7 Å². The zero-order chi connectivity index (χ0) is 26.8. The van der Waals surface area contributed by atoms with Crippen molar-refractivity contribution in [3.05, 3.63) is 59.9 Å². The Hall–Kier alpha value is -3.94. The SMILES string of the molecule is CCOC(=O)c1cn(-c2ccc(-c3cc4nccc(C)c4o3)cc2)nc1N(CC)C(=O)[C@H]1CC[C@H](C)CC1. The van der Waals surface area contributed by atoms with Gasteiger partial charge in [0.1, 0.15) is 16.8 Å². The summed E-state index contributed by atoms with van der Waals surface area (Å²) in [6.07, 6.45) is 7.24. The number of nitrogens with zero attached hydrogens (tertiary/aromatic N) is 4. The van der Waals surface area contributed by atoms with Crippen molar-refractivity contribution in [3.63, 3.8) is 0 Å². The van der Waals surface area contributed by atoms with E-state index in [0.29, 0.717) is 18.3 Å². The molecule has 0 atom stereocenters. The Kier molecular flexibility index (Phi) is 7.31. The smallest absolute Gasteiger partial charge is 0.343 e. The number of carbonyl (C=O) groups excluding carboxylic acids is 2. The van der Waals surface area contributed by atoms with Gasteiger partial charge in [0.2, 0.25) is 5.91 Å². The molecule has 8 heteroatoms. The summed E-state index contributed by atoms with van der Waals surface area (Å²) in [6, 6.07) is 11.6. The van der Waals surface area contributed by atoms with Crippen molar-refractivity contribution in [2.75, 3.05) is 18.1 Å². The number of hydrogen-bond acceptors (Lipinski definition) is 6. The minimum absolute atomic E-state index is 0.0272. The number of aromatic nitrogens is 3. The molecule has 1 fully saturated rings. The summed E-state index contributed by atoms with van der Waals surface area (Å²) in [4.78, 5) is 32.4. The first kappa shape index (κ1) is 25.7. The van der Waals surface area contributed by atoms with Crippen molar-refractivity contribution in [3.8, 4) is 17.0 Å². The van der Waals surface area contributed by atoms with E-state index in [1.54, 1.807) is 28.9 Å². The Balaban J connectivity index is 1.46. The summed E-state index contributed by atoms with van der Waals surface area (Å²) < 4.78 is 13.0. The van der Waals surface area contributed by atoms with Crippen LogP contribution in [0.2, 0.25) is 0 Å². The lowest BCUT2D eigenvalue weighted by Gasteiger charge is -2.29. The van der Waals surface area contributed by atoms with Gasteiger partial charge in [-0.3, -0.25) is 14.7 Å². The number of furan rings is 1. The third-order valence-electron chi connectivity index (χ3n) is 7.42. The second-order valence-electron chi connectivity index (χ2n) is 10.1. The van der Waals surface area contributed by atoms with Crippen LogP contribution in [0.25, 0.3) is 28.1 Å². The number of esters is 1. The maximum absolute atomic E-state index is 13.5. The van der Waals surface area contributed by atoms with E-state index >= 15 is 0 Å². The van der Waals surface area contributed by atoms with E-state index in [1.165, 1.54) is 0 Å². The minimum atomic E-state index is -0.487. The fourth-order valence-electron chi connectivity index (χ4n) is 5.17. The van der Waals surface area contributed by atoms with Gasteiger partial charge in [-0.2, -0.15) is 0 Å². The predicted octanol–water partition coefficient (Wildman–Crippen LogP) is 6.34. The third-order valence-corrected chi connectivity index (χ3v) is 7.42. The van der Waals surface area contributed by atoms with Crippen LogP contribution >= 0.6 is 0 Å². The van der Waals surface area contributed by atoms with Gasteiger partial charge >= 0.3 is 5.97 Å². The molecule has 1 saturated carbocycles. The third kappa shape index (κ3) is 4.95. The van der Waals surface area contributed by atoms with Crippen LogP contribution in [-0.4, -0.2) is 39.8 Å². The van der Waals surface area contributed by atoms with Crippen LogP contribution in [0, 0.1) is 18.8 Å². The zero-order valence-corrected chi connectivity index (χ0v) is 22.4. The highest BCUT2D eigenvalue weighted by Gasteiger charge is 2.32. The molecule has 5 rings (SSSR count). The topological polar surface area (TPSA) is 90.5 Å². The Bertz CT molecular complexity index is 1440. The Morgan fingerprint density at radius 1 is 1.11 bits per heavy atom. The van der Waals surface area contributed by atoms with Crippen molar-refractivity contribution in [2.24, 2.45) is 11.8 Å². The van der Waals surface area contributed by atoms with E-state index in [9.17, 15) is 9.59 Å². The van der Waals surface area contributed by atoms with E-state index < -0.39 is 5.97 Å². The van der Waals surface area contributed by atoms with Crippen LogP contribution in [0.1, 0.15) is 62.4 Å². The van der Waals surface area contributed by atoms with Gasteiger partial charge in [0.25, 0.3) is 0 Å². The lowest BCUT2D eigenvalue weighted by molar-refractivity contribution is -0.123. The molecule has 0 bridgehead atoms. The number of fused-ring (bicyclic) bond motifs is 1. The van der Waals surface area contributed by atoms with Gasteiger partial charge in [0, 0.05) is 36.5 Å². The number of benzene rings is 1. The molecule has 198 valence electrons. The molecule has 38 heavy (non-hydrogen) atoms. The van der Waals surface area contributed by atoms with Crippen LogP contribution in [0.5, 0.6) is 0 Å². The van der Waals surface area contributed by atoms with Gasteiger partial charge < -0.3 is 9.15 Å². The number of rotatable bonds is 7. The number of pyridine rings is 1. The van der Waals surface area contributed by atoms with Gasteiger partial charge in [0.15, 0.2) is 11.4 Å². The molecular weight excluding hydrogens is 480 g/mol. The van der Waals surface area contributed by atoms with Crippen molar-refractivity contribution in [2.45, 2.75) is 53.4 Å². The van der Waals surface area contributed by atoms with Gasteiger partial charge in [-0.25, -0.2) is 9.48 Å². The molecule has 0 N–H and O–H groups in total. The maximum atomic E-state index is 13.5. The molecule has 0 spiro atoms. The first-order valence-electron chi connectivity index (χ1n) is 13.4. The lowest BCUT2D eigenvalue weighted by atomic mass is 9.82. The highest BCUT2D eigenvalue weighted by Crippen LogP contribution is 2.33. The normalized spacial score (nSPS) is 17.5. The van der Waals surface area contributed by atoms with Crippen molar-refractivity contribution >= 4 is 28.8 Å². The molecule has 1 aliphatic rings. The van der Waals surface area contributed by atoms with Crippen molar-refractivity contribution in [1.82, 2.24) is 14.8 Å². The summed E-state index contributed by atoms with van der Waals surface area (Å²) in [5.41, 5.74) is 4.57. The van der Waals surface area contributed by atoms with Gasteiger partial charge in [-0.1, -0.05) is 6.92 Å². The van der Waals surface area contributed by atoms with E-state index in [2.05, 4.69) is 11.9 Å². The monoisotopic (exact) mass is 514 g/mol. The molecule has 0 saturated heterocycles. The van der Waals surface area contributed by atoms with Crippen LogP contribution < -0.4 is 4.90 Å². The second-order valence-corrected chi connectivity index (χ2v) is 10.1. The van der Waals surface area contributed by atoms with Gasteiger partial charge in [-0.05, 0) is 88.3 Å². The first-order chi connectivity index (χ1) is 18.4. The van der Waals surface area contributed by atoms with E-state index in [4.69, 9.17) is 14.3 Å². The first-order valence-corrected chi connectivity index (χ1v) is 13.4. The fourth-order valence-corrected chi connectivity index (χ4v) is 5.17. The highest BCUT2D eigenvalue weighted by atomic mass is 16.5. The molecule has 1 aliphatic carbocycles. The Morgan fingerprint density at radius 2 is 1.84 bits per heavy atom. The molecule has 0 unspecified atom stereocenters. The minimum Gasteiger partial charge on any atom is -0.462 e. The molecule has 8 nitrogen and oxygen atoms in total. The summed E-state index contributed by atoms with van der Waals surface area (Å²) in [5.74, 6) is 1.21. The maximum Gasteiger partial charge on any atom is 0.343 e. The summed E-state index contributed by atoms with van der Waals surface area (Å²) in [5, 5.41) is 4.72. The lowest BCUT2D eigenvalue weighted by Crippen LogP contribution is -2.38. The molecule has 1 aromatic carbocycles. The van der Waals surface area contributed by atoms with Gasteiger partial charge in [-0.15, -0.1) is 5.10 Å². The number of amides is 1. The van der Waals surface area contributed by atoms with Gasteiger partial charge in [0.05, 0.1) is 12.3 Å². The van der Waals surface area contributed by atoms with E-state index in [1.807, 2.05) is 50.2 Å². The van der Waals surface area contributed by atoms with Crippen molar-refractivity contribution in [1.29, 1.82) is 0 Å². The van der Waals surface area contributed by atoms with Crippen LogP contribution in [0.3, 0.4) is 0 Å². The summed E-state index contributed by atoms with van der Waals surface area (Å²) in [6.45, 7) is 8.57. The van der Waals surface area contributed by atoms with Crippen LogP contribution in [-0.2, 0) is 9.53 Å². The number of anilines is 1. The summed E-state index contributed by atoms with van der Waals surface area (Å²) in [7, 11) is 0. The predicted molar refractivity (Wildman–Crippen MR) is 146 cm³/mol. The number of aryl methyl sites for hydroxylation is 1. The zero-order valence-electron chi connectivity index (χ0n) is 22.4. The Labute approximate surface area is 222 Å². The highest BCUT2D eigenvalue weighted by molar-refractivity contribution is 6.02. The molecule has 1 amide bonds. The number of carbonyl (C=O) groups is 2. The average molecular weight is 515 g/mol. The molecule has 4 aromatic rings. The second kappa shape index (κ2) is 10.8. The van der Waals surface area contributed by atoms with Crippen LogP contribution in [0.4, 0.5) is 5.82 Å². The van der Waals surface area contributed by atoms with E-state index in [0.717, 1.165) is 59.4 Å². The largest absolute Gasteiger partial charge is 0.462 e. The molecule has 3 aromatic heterocycles. The summed E-state index contributed by atoms with van der Waals surface area (Å²) >= 11 is 0. The number of ether oxygens (including phenoxy) is 1. The van der Waals surface area contributed by atoms with Crippen LogP contribution in [0.15, 0.2) is 53.2 Å². The molecular formula is C30H34N4O4. The fraction of sp³-hybridized carbons (Fsp3) is 0.400. The quantitative estimate of drug-likeness (QED) is 0.267. The standard InChI is InChI=1S/C30H34N4O4/c1-5-33(29(35)22-9-7-19(3)8-10-22)28-24(30(36)37-6-2)18-34(32-28)23-13-11-21(12-14-23)26-17-25-27(38-26)20(4)15-16-31-25/h11-19,22H,5-10H2,1-4H3/t19-,22-. The van der Waals surface area contributed by atoms with E-state index in [-0.39, 0.29) is 24.0 Å². The average Bonchev–Trinajstić information content (AvgIpc) is 3.56. The molecule has 3 heterocycles. The molecule has 0 radical (unpaired) electrons.